The molecule has 0 radical (unpaired) electrons. The Bertz CT molecular complexity index is 704. The highest BCUT2D eigenvalue weighted by Crippen LogP contribution is 2.18. The molecule has 0 aliphatic rings. The van der Waals surface area contributed by atoms with E-state index < -0.39 is 0 Å². The van der Waals surface area contributed by atoms with Crippen molar-refractivity contribution in [2.24, 2.45) is 5.92 Å². The van der Waals surface area contributed by atoms with Crippen LogP contribution in [0.1, 0.15) is 36.2 Å². The predicted molar refractivity (Wildman–Crippen MR) is 108 cm³/mol. The van der Waals surface area contributed by atoms with Crippen LogP contribution in [0.4, 0.5) is 5.69 Å². The molecule has 0 unspecified atom stereocenters. The minimum absolute atomic E-state index is 0.206. The van der Waals surface area contributed by atoms with Crippen LogP contribution in [0.5, 0.6) is 0 Å². The number of hydrogen-bond acceptors (Lipinski definition) is 3. The van der Waals surface area contributed by atoms with E-state index in [0.717, 1.165) is 44.0 Å². The molecule has 0 spiro atoms. The van der Waals surface area contributed by atoms with E-state index >= 15 is 0 Å². The average molecular weight is 375 g/mol. The number of carbonyl (C=O) groups excluding carboxylic acids is 1. The van der Waals surface area contributed by atoms with E-state index in [-0.39, 0.29) is 5.91 Å². The number of anilines is 1. The maximum absolute atomic E-state index is 12.3. The smallest absolute Gasteiger partial charge is 0.257 e. The number of hydrogen-bond donors (Lipinski definition) is 2. The number of rotatable bonds is 10. The highest BCUT2D eigenvalue weighted by atomic mass is 35.5. The molecule has 4 nitrogen and oxygen atoms in total. The second-order valence-electron chi connectivity index (χ2n) is 6.63. The van der Waals surface area contributed by atoms with Crippen molar-refractivity contribution in [3.8, 4) is 0 Å². The number of nitrogens with one attached hydrogen (secondary N) is 2. The van der Waals surface area contributed by atoms with E-state index in [1.54, 1.807) is 24.3 Å². The quantitative estimate of drug-likeness (QED) is 0.590. The molecule has 0 bridgehead atoms. The molecular formula is C21H27ClN2O2. The Morgan fingerprint density at radius 2 is 1.96 bits per heavy atom. The van der Waals surface area contributed by atoms with Gasteiger partial charge in [0.05, 0.1) is 10.6 Å². The minimum Gasteiger partial charge on any atom is -0.381 e. The number of carbonyl (C=O) groups is 1. The predicted octanol–water partition coefficient (Wildman–Crippen LogP) is 4.74. The van der Waals surface area contributed by atoms with Gasteiger partial charge < -0.3 is 15.4 Å². The standard InChI is InChI=1S/C21H27ClN2O2/c1-16(2)15-26-12-6-11-23-14-17-7-5-8-18(13-17)24-21(25)19-9-3-4-10-20(19)22/h3-5,7-10,13,16,23H,6,11-12,14-15H2,1-2H3,(H,24,25). The summed E-state index contributed by atoms with van der Waals surface area (Å²) in [5, 5.41) is 6.74. The van der Waals surface area contributed by atoms with Gasteiger partial charge in [0.15, 0.2) is 0 Å². The van der Waals surface area contributed by atoms with E-state index in [9.17, 15) is 4.79 Å². The third-order valence-corrected chi connectivity index (χ3v) is 4.06. The number of ether oxygens (including phenoxy) is 1. The van der Waals surface area contributed by atoms with Gasteiger partial charge in [-0.3, -0.25) is 4.79 Å². The molecule has 0 aliphatic heterocycles. The molecule has 0 saturated heterocycles. The van der Waals surface area contributed by atoms with Crippen molar-refractivity contribution in [1.29, 1.82) is 0 Å². The monoisotopic (exact) mass is 374 g/mol. The van der Waals surface area contributed by atoms with Gasteiger partial charge in [0.2, 0.25) is 0 Å². The van der Waals surface area contributed by atoms with Gasteiger partial charge in [-0.2, -0.15) is 0 Å². The van der Waals surface area contributed by atoms with Crippen LogP contribution in [0.25, 0.3) is 0 Å². The van der Waals surface area contributed by atoms with Gasteiger partial charge in [-0.15, -0.1) is 0 Å². The lowest BCUT2D eigenvalue weighted by atomic mass is 10.1. The Labute approximate surface area is 160 Å². The van der Waals surface area contributed by atoms with E-state index in [0.29, 0.717) is 16.5 Å². The van der Waals surface area contributed by atoms with Gasteiger partial charge in [0.25, 0.3) is 5.91 Å². The third kappa shape index (κ3) is 7.16. The lowest BCUT2D eigenvalue weighted by Crippen LogP contribution is -2.17. The molecule has 2 aromatic carbocycles. The summed E-state index contributed by atoms with van der Waals surface area (Å²) in [5.41, 5.74) is 2.35. The first-order valence-electron chi connectivity index (χ1n) is 8.99. The van der Waals surface area contributed by atoms with Crippen LogP contribution < -0.4 is 10.6 Å². The zero-order chi connectivity index (χ0) is 18.8. The Kier molecular flexibility index (Phi) is 8.62. The molecule has 1 amide bonds. The molecule has 2 rings (SSSR count). The fourth-order valence-electron chi connectivity index (χ4n) is 2.45. The maximum Gasteiger partial charge on any atom is 0.257 e. The molecule has 0 heterocycles. The molecule has 5 heteroatoms. The van der Waals surface area contributed by atoms with Gasteiger partial charge >= 0.3 is 0 Å². The molecule has 0 saturated carbocycles. The van der Waals surface area contributed by atoms with Gasteiger partial charge in [-0.25, -0.2) is 0 Å². The van der Waals surface area contributed by atoms with Gasteiger partial charge in [0, 0.05) is 25.4 Å². The van der Waals surface area contributed by atoms with Crippen molar-refractivity contribution < 1.29 is 9.53 Å². The summed E-state index contributed by atoms with van der Waals surface area (Å²) < 4.78 is 5.56. The van der Waals surface area contributed by atoms with Crippen LogP contribution >= 0.6 is 11.6 Å². The van der Waals surface area contributed by atoms with E-state index in [2.05, 4.69) is 24.5 Å². The second kappa shape index (κ2) is 11.0. The van der Waals surface area contributed by atoms with Gasteiger partial charge in [-0.05, 0) is 48.7 Å². The average Bonchev–Trinajstić information content (AvgIpc) is 2.61. The molecule has 140 valence electrons. The first-order valence-corrected chi connectivity index (χ1v) is 9.37. The summed E-state index contributed by atoms with van der Waals surface area (Å²) in [4.78, 5) is 12.3. The minimum atomic E-state index is -0.206. The zero-order valence-electron chi connectivity index (χ0n) is 15.4. The van der Waals surface area contributed by atoms with Gasteiger partial charge in [0.1, 0.15) is 0 Å². The summed E-state index contributed by atoms with van der Waals surface area (Å²) in [6, 6.07) is 14.8. The van der Waals surface area contributed by atoms with Crippen LogP contribution in [0, 0.1) is 5.92 Å². The van der Waals surface area contributed by atoms with Gasteiger partial charge in [-0.1, -0.05) is 49.7 Å². The number of benzene rings is 2. The highest BCUT2D eigenvalue weighted by molar-refractivity contribution is 6.34. The van der Waals surface area contributed by atoms with Crippen LogP contribution in [-0.4, -0.2) is 25.7 Å². The van der Waals surface area contributed by atoms with Crippen molar-refractivity contribution in [2.75, 3.05) is 25.1 Å². The maximum atomic E-state index is 12.3. The summed E-state index contributed by atoms with van der Waals surface area (Å²) in [7, 11) is 0. The molecule has 0 atom stereocenters. The van der Waals surface area contributed by atoms with Crippen LogP contribution in [0.2, 0.25) is 5.02 Å². The zero-order valence-corrected chi connectivity index (χ0v) is 16.2. The molecule has 2 N–H and O–H groups in total. The highest BCUT2D eigenvalue weighted by Gasteiger charge is 2.09. The fourth-order valence-corrected chi connectivity index (χ4v) is 2.68. The van der Waals surface area contributed by atoms with Crippen molar-refractivity contribution >= 4 is 23.2 Å². The van der Waals surface area contributed by atoms with Crippen molar-refractivity contribution in [2.45, 2.75) is 26.8 Å². The third-order valence-electron chi connectivity index (χ3n) is 3.73. The Balaban J connectivity index is 1.77. The first kappa shape index (κ1) is 20.4. The molecule has 26 heavy (non-hydrogen) atoms. The molecular weight excluding hydrogens is 348 g/mol. The van der Waals surface area contributed by atoms with E-state index in [1.165, 1.54) is 0 Å². The Hall–Kier alpha value is -1.88. The SMILES string of the molecule is CC(C)COCCCNCc1cccc(NC(=O)c2ccccc2Cl)c1. The van der Waals surface area contributed by atoms with Crippen LogP contribution in [0.15, 0.2) is 48.5 Å². The van der Waals surface area contributed by atoms with Crippen LogP contribution in [0.3, 0.4) is 0 Å². The lowest BCUT2D eigenvalue weighted by Gasteiger charge is -2.10. The molecule has 0 aromatic heterocycles. The Morgan fingerprint density at radius 3 is 2.73 bits per heavy atom. The van der Waals surface area contributed by atoms with Crippen molar-refractivity contribution in [3.05, 3.63) is 64.7 Å². The van der Waals surface area contributed by atoms with E-state index in [1.807, 2.05) is 24.3 Å². The molecule has 0 aliphatic carbocycles. The molecule has 0 fully saturated rings. The topological polar surface area (TPSA) is 50.4 Å². The van der Waals surface area contributed by atoms with E-state index in [4.69, 9.17) is 16.3 Å². The second-order valence-corrected chi connectivity index (χ2v) is 7.04. The van der Waals surface area contributed by atoms with Crippen molar-refractivity contribution in [3.63, 3.8) is 0 Å². The molecule has 2 aromatic rings. The summed E-state index contributed by atoms with van der Waals surface area (Å²) >= 11 is 6.07. The lowest BCUT2D eigenvalue weighted by molar-refractivity contribution is 0.102. The number of halogens is 1. The first-order chi connectivity index (χ1) is 12.6. The van der Waals surface area contributed by atoms with Crippen molar-refractivity contribution in [1.82, 2.24) is 5.32 Å². The van der Waals surface area contributed by atoms with Crippen LogP contribution in [-0.2, 0) is 11.3 Å². The fraction of sp³-hybridized carbons (Fsp3) is 0.381. The largest absolute Gasteiger partial charge is 0.381 e. The summed E-state index contributed by atoms with van der Waals surface area (Å²) in [6.07, 6.45) is 0.982. The summed E-state index contributed by atoms with van der Waals surface area (Å²) in [5.74, 6) is 0.370. The Morgan fingerprint density at radius 1 is 1.15 bits per heavy atom. The normalized spacial score (nSPS) is 10.9. The summed E-state index contributed by atoms with van der Waals surface area (Å²) in [6.45, 7) is 7.53. The number of amides is 1.